The molecule has 0 saturated carbocycles. The van der Waals surface area contributed by atoms with Gasteiger partial charge in [0.25, 0.3) is 5.91 Å². The van der Waals surface area contributed by atoms with Crippen molar-refractivity contribution in [1.82, 2.24) is 4.90 Å². The molecule has 1 aromatic heterocycles. The number of amides is 1. The molecule has 1 aromatic rings. The van der Waals surface area contributed by atoms with Crippen molar-refractivity contribution in [2.45, 2.75) is 20.3 Å². The number of rotatable bonds is 3. The molecule has 0 bridgehead atoms. The predicted octanol–water partition coefficient (Wildman–Crippen LogP) is 2.65. The van der Waals surface area contributed by atoms with Crippen LogP contribution in [0.1, 0.15) is 29.1 Å². The fourth-order valence-electron chi connectivity index (χ4n) is 1.29. The van der Waals surface area contributed by atoms with E-state index in [-0.39, 0.29) is 5.91 Å². The first kappa shape index (κ1) is 11.2. The summed E-state index contributed by atoms with van der Waals surface area (Å²) in [5.41, 5.74) is 1.27. The highest BCUT2D eigenvalue weighted by molar-refractivity contribution is 7.12. The van der Waals surface area contributed by atoms with Crippen LogP contribution >= 0.6 is 11.3 Å². The Morgan fingerprint density at radius 2 is 2.14 bits per heavy atom. The van der Waals surface area contributed by atoms with Crippen molar-refractivity contribution in [3.8, 4) is 0 Å². The maximum atomic E-state index is 11.6. The maximum Gasteiger partial charge on any atom is 0.263 e. The number of nitrogens with zero attached hydrogens (tertiary/aromatic N) is 1. The van der Waals surface area contributed by atoms with E-state index in [4.69, 9.17) is 0 Å². The lowest BCUT2D eigenvalue weighted by atomic mass is 10.1. The third-order valence-corrected chi connectivity index (χ3v) is 2.88. The van der Waals surface area contributed by atoms with Gasteiger partial charge >= 0.3 is 0 Å². The second-order valence-electron chi connectivity index (χ2n) is 4.12. The molecule has 0 unspecified atom stereocenters. The van der Waals surface area contributed by atoms with E-state index in [0.717, 1.165) is 11.3 Å². The smallest absolute Gasteiger partial charge is 0.263 e. The predicted molar refractivity (Wildman–Crippen MR) is 60.9 cm³/mol. The van der Waals surface area contributed by atoms with Gasteiger partial charge in [-0.1, -0.05) is 13.8 Å². The Balaban J connectivity index is 2.73. The molecular formula is C11H17NOS. The number of hydrogen-bond donors (Lipinski definition) is 0. The SMILES string of the molecule is CC(C)Cc1csc(C(=O)N(C)C)c1. The lowest BCUT2D eigenvalue weighted by Gasteiger charge is -2.07. The van der Waals surface area contributed by atoms with Gasteiger partial charge in [-0.15, -0.1) is 11.3 Å². The van der Waals surface area contributed by atoms with Crippen LogP contribution in [0.5, 0.6) is 0 Å². The first-order valence-corrected chi connectivity index (χ1v) is 5.67. The Kier molecular flexibility index (Phi) is 3.69. The Morgan fingerprint density at radius 1 is 1.50 bits per heavy atom. The van der Waals surface area contributed by atoms with Crippen molar-refractivity contribution in [3.05, 3.63) is 21.9 Å². The number of thiophene rings is 1. The van der Waals surface area contributed by atoms with Gasteiger partial charge in [0, 0.05) is 14.1 Å². The van der Waals surface area contributed by atoms with E-state index in [0.29, 0.717) is 5.92 Å². The summed E-state index contributed by atoms with van der Waals surface area (Å²) >= 11 is 1.54. The molecule has 0 saturated heterocycles. The molecule has 2 nitrogen and oxygen atoms in total. The zero-order chi connectivity index (χ0) is 10.7. The summed E-state index contributed by atoms with van der Waals surface area (Å²) in [6, 6.07) is 2.01. The minimum absolute atomic E-state index is 0.102. The fraction of sp³-hybridized carbons (Fsp3) is 0.545. The first-order chi connectivity index (χ1) is 6.50. The van der Waals surface area contributed by atoms with Crippen LogP contribution in [0.4, 0.5) is 0 Å². The van der Waals surface area contributed by atoms with Crippen LogP contribution in [0.15, 0.2) is 11.4 Å². The summed E-state index contributed by atoms with van der Waals surface area (Å²) in [4.78, 5) is 14.0. The third-order valence-electron chi connectivity index (χ3n) is 1.91. The molecule has 0 aromatic carbocycles. The Labute approximate surface area is 89.5 Å². The van der Waals surface area contributed by atoms with Gasteiger partial charge in [0.05, 0.1) is 4.88 Å². The first-order valence-electron chi connectivity index (χ1n) is 4.79. The maximum absolute atomic E-state index is 11.6. The van der Waals surface area contributed by atoms with Gasteiger partial charge in [-0.25, -0.2) is 0 Å². The van der Waals surface area contributed by atoms with Crippen molar-refractivity contribution in [2.24, 2.45) is 5.92 Å². The van der Waals surface area contributed by atoms with Crippen molar-refractivity contribution in [1.29, 1.82) is 0 Å². The Hall–Kier alpha value is -0.830. The summed E-state index contributed by atoms with van der Waals surface area (Å²) in [5, 5.41) is 2.08. The molecule has 0 aliphatic rings. The Bertz CT molecular complexity index is 315. The van der Waals surface area contributed by atoms with Gasteiger partial charge in [-0.3, -0.25) is 4.79 Å². The molecule has 0 atom stereocenters. The lowest BCUT2D eigenvalue weighted by molar-refractivity contribution is 0.0832. The van der Waals surface area contributed by atoms with E-state index in [1.165, 1.54) is 16.9 Å². The summed E-state index contributed by atoms with van der Waals surface area (Å²) < 4.78 is 0. The van der Waals surface area contributed by atoms with Gasteiger partial charge < -0.3 is 4.90 Å². The molecular weight excluding hydrogens is 194 g/mol. The lowest BCUT2D eigenvalue weighted by Crippen LogP contribution is -2.20. The quantitative estimate of drug-likeness (QED) is 0.752. The number of carbonyl (C=O) groups excluding carboxylic acids is 1. The van der Waals surface area contributed by atoms with Gasteiger partial charge in [0.2, 0.25) is 0 Å². The highest BCUT2D eigenvalue weighted by atomic mass is 32.1. The zero-order valence-electron chi connectivity index (χ0n) is 9.20. The van der Waals surface area contributed by atoms with Crippen LogP contribution in [0.25, 0.3) is 0 Å². The van der Waals surface area contributed by atoms with Gasteiger partial charge in [-0.2, -0.15) is 0 Å². The topological polar surface area (TPSA) is 20.3 Å². The summed E-state index contributed by atoms with van der Waals surface area (Å²) in [6.07, 6.45) is 1.05. The molecule has 1 amide bonds. The van der Waals surface area contributed by atoms with Crippen LogP contribution < -0.4 is 0 Å². The van der Waals surface area contributed by atoms with Crippen molar-refractivity contribution in [2.75, 3.05) is 14.1 Å². The van der Waals surface area contributed by atoms with Crippen LogP contribution in [0, 0.1) is 5.92 Å². The van der Waals surface area contributed by atoms with E-state index >= 15 is 0 Å². The highest BCUT2D eigenvalue weighted by Gasteiger charge is 2.11. The normalized spacial score (nSPS) is 10.6. The molecule has 0 N–H and O–H groups in total. The average molecular weight is 211 g/mol. The number of carbonyl (C=O) groups is 1. The van der Waals surface area contributed by atoms with Gasteiger partial charge in [0.1, 0.15) is 0 Å². The van der Waals surface area contributed by atoms with Crippen LogP contribution in [0.2, 0.25) is 0 Å². The molecule has 1 rings (SSSR count). The second-order valence-corrected chi connectivity index (χ2v) is 5.03. The molecule has 0 spiro atoms. The van der Waals surface area contributed by atoms with E-state index in [1.807, 2.05) is 6.07 Å². The molecule has 3 heteroatoms. The van der Waals surface area contributed by atoms with E-state index in [9.17, 15) is 4.79 Å². The zero-order valence-corrected chi connectivity index (χ0v) is 10.0. The van der Waals surface area contributed by atoms with Crippen molar-refractivity contribution >= 4 is 17.2 Å². The molecule has 0 aliphatic carbocycles. The minimum atomic E-state index is 0.102. The molecule has 0 fully saturated rings. The van der Waals surface area contributed by atoms with Crippen LogP contribution in [-0.2, 0) is 6.42 Å². The molecule has 0 radical (unpaired) electrons. The largest absolute Gasteiger partial charge is 0.344 e. The third kappa shape index (κ3) is 2.84. The van der Waals surface area contributed by atoms with Gasteiger partial charge in [-0.05, 0) is 29.3 Å². The summed E-state index contributed by atoms with van der Waals surface area (Å²) in [5.74, 6) is 0.747. The molecule has 14 heavy (non-hydrogen) atoms. The average Bonchev–Trinajstić information content (AvgIpc) is 2.50. The van der Waals surface area contributed by atoms with Crippen LogP contribution in [0.3, 0.4) is 0 Å². The minimum Gasteiger partial charge on any atom is -0.344 e. The molecule has 78 valence electrons. The van der Waals surface area contributed by atoms with Crippen LogP contribution in [-0.4, -0.2) is 24.9 Å². The standard InChI is InChI=1S/C11H17NOS/c1-8(2)5-9-6-10(14-7-9)11(13)12(3)4/h6-8H,5H2,1-4H3. The number of hydrogen-bond acceptors (Lipinski definition) is 2. The molecule has 0 aliphatic heterocycles. The van der Waals surface area contributed by atoms with Crippen molar-refractivity contribution < 1.29 is 4.79 Å². The highest BCUT2D eigenvalue weighted by Crippen LogP contribution is 2.18. The van der Waals surface area contributed by atoms with Crippen molar-refractivity contribution in [3.63, 3.8) is 0 Å². The Morgan fingerprint density at radius 3 is 2.64 bits per heavy atom. The summed E-state index contributed by atoms with van der Waals surface area (Å²) in [6.45, 7) is 4.37. The fourth-order valence-corrected chi connectivity index (χ4v) is 2.23. The second kappa shape index (κ2) is 4.60. The molecule has 1 heterocycles. The van der Waals surface area contributed by atoms with E-state index in [2.05, 4.69) is 19.2 Å². The van der Waals surface area contributed by atoms with E-state index in [1.54, 1.807) is 19.0 Å². The van der Waals surface area contributed by atoms with Gasteiger partial charge in [0.15, 0.2) is 0 Å². The van der Waals surface area contributed by atoms with E-state index < -0.39 is 0 Å². The monoisotopic (exact) mass is 211 g/mol. The summed E-state index contributed by atoms with van der Waals surface area (Å²) in [7, 11) is 3.56.